The maximum absolute atomic E-state index is 15.1. The van der Waals surface area contributed by atoms with Crippen molar-refractivity contribution in [2.24, 2.45) is 5.92 Å². The van der Waals surface area contributed by atoms with Crippen molar-refractivity contribution >= 4 is 61.6 Å². The van der Waals surface area contributed by atoms with Crippen LogP contribution in [0, 0.1) is 12.8 Å². The zero-order chi connectivity index (χ0) is 46.4. The van der Waals surface area contributed by atoms with Crippen molar-refractivity contribution in [1.82, 2.24) is 29.8 Å². The van der Waals surface area contributed by atoms with Crippen LogP contribution in [-0.2, 0) is 24.4 Å². The third kappa shape index (κ3) is 9.31. The van der Waals surface area contributed by atoms with E-state index in [0.29, 0.717) is 71.5 Å². The van der Waals surface area contributed by atoms with Gasteiger partial charge in [0, 0.05) is 60.1 Å². The number of nitrogens with one attached hydrogen (secondary N) is 3. The molecular formula is C48H59N7O8S2. The fourth-order valence-corrected chi connectivity index (χ4v) is 11.1. The average molecular weight is 926 g/mol. The number of anilines is 1. The third-order valence-corrected chi connectivity index (χ3v) is 16.4. The van der Waals surface area contributed by atoms with Crippen LogP contribution >= 0.6 is 11.3 Å². The second-order valence-electron chi connectivity index (χ2n) is 18.7. The summed E-state index contributed by atoms with van der Waals surface area (Å²) in [5, 5.41) is 9.85. The number of methoxy groups -OCH3 is 1. The minimum absolute atomic E-state index is 0.0343. The molecule has 0 radical (unpaired) electrons. The molecule has 65 heavy (non-hydrogen) atoms. The fourth-order valence-electron chi connectivity index (χ4n) is 8.80. The second kappa shape index (κ2) is 18.0. The minimum Gasteiger partial charge on any atom is -0.496 e. The number of hydrogen-bond acceptors (Lipinski definition) is 12. The van der Waals surface area contributed by atoms with Crippen molar-refractivity contribution in [2.45, 2.75) is 120 Å². The third-order valence-electron chi connectivity index (χ3n) is 13.3. The molecule has 8 rings (SSSR count). The summed E-state index contributed by atoms with van der Waals surface area (Å²) in [6.45, 7) is 7.74. The monoisotopic (exact) mass is 925 g/mol. The Labute approximate surface area is 384 Å². The summed E-state index contributed by atoms with van der Waals surface area (Å²) in [4.78, 5) is 70.0. The number of rotatable bonds is 11. The molecule has 346 valence electrons. The van der Waals surface area contributed by atoms with Crippen LogP contribution in [0.5, 0.6) is 11.5 Å². The Balaban J connectivity index is 1.16. The molecule has 3 fully saturated rings. The van der Waals surface area contributed by atoms with Gasteiger partial charge >= 0.3 is 0 Å². The average Bonchev–Trinajstić information content (AvgIpc) is 4.05. The lowest BCUT2D eigenvalue weighted by atomic mass is 10.0. The number of pyridine rings is 1. The van der Waals surface area contributed by atoms with E-state index in [0.717, 1.165) is 29.1 Å². The van der Waals surface area contributed by atoms with Gasteiger partial charge in [-0.25, -0.2) is 18.4 Å². The van der Waals surface area contributed by atoms with E-state index in [2.05, 4.69) is 29.2 Å². The first kappa shape index (κ1) is 46.0. The number of aromatic nitrogens is 2. The van der Waals surface area contributed by atoms with Gasteiger partial charge in [0.15, 0.2) is 0 Å². The van der Waals surface area contributed by atoms with Crippen LogP contribution in [0.2, 0.25) is 0 Å². The number of benzene rings is 2. The van der Waals surface area contributed by atoms with Gasteiger partial charge in [0.25, 0.3) is 11.8 Å². The van der Waals surface area contributed by atoms with E-state index in [-0.39, 0.29) is 37.1 Å². The number of hydrogen-bond donors (Lipinski definition) is 3. The SMILES string of the molecule is COc1ccc2c(O[C@@H]3C[C@H]4C(=O)N[C@]5(C(=O)NS(=O)(=O)C6(C)CC6)CC5/C=C\CCCCC[C@H](Nc5cccc(C(=O)N(C)C)c5)C(=O)N4C3)cc(-c3nc(C(C)C)cs3)nc2c1C. The van der Waals surface area contributed by atoms with E-state index in [1.165, 1.54) is 21.1 Å². The Morgan fingerprint density at radius 3 is 2.54 bits per heavy atom. The molecule has 2 saturated carbocycles. The highest BCUT2D eigenvalue weighted by Gasteiger charge is 2.63. The number of ether oxygens (including phenoxy) is 2. The van der Waals surface area contributed by atoms with Gasteiger partial charge in [-0.2, -0.15) is 0 Å². The van der Waals surface area contributed by atoms with Gasteiger partial charge in [-0.15, -0.1) is 11.3 Å². The van der Waals surface area contributed by atoms with Crippen LogP contribution in [0.15, 0.2) is 60.0 Å². The normalized spacial score (nSPS) is 24.8. The van der Waals surface area contributed by atoms with Crippen LogP contribution < -0.4 is 24.8 Å². The lowest BCUT2D eigenvalue weighted by Gasteiger charge is -2.30. The zero-order valence-corrected chi connectivity index (χ0v) is 39.7. The van der Waals surface area contributed by atoms with E-state index in [1.54, 1.807) is 46.3 Å². The van der Waals surface area contributed by atoms with E-state index in [4.69, 9.17) is 19.4 Å². The fraction of sp³-hybridized carbons (Fsp3) is 0.500. The molecule has 2 aromatic carbocycles. The van der Waals surface area contributed by atoms with Gasteiger partial charge in [-0.05, 0) is 88.6 Å². The molecule has 2 aromatic heterocycles. The van der Waals surface area contributed by atoms with Crippen LogP contribution in [0.25, 0.3) is 21.6 Å². The zero-order valence-electron chi connectivity index (χ0n) is 38.1. The number of carbonyl (C=O) groups excluding carboxylic acids is 4. The minimum atomic E-state index is -4.01. The summed E-state index contributed by atoms with van der Waals surface area (Å²) in [6, 6.07) is 10.7. The van der Waals surface area contributed by atoms with Crippen LogP contribution in [-0.4, -0.2) is 108 Å². The Kier molecular flexibility index (Phi) is 12.8. The Bertz CT molecular complexity index is 2660. The topological polar surface area (TPSA) is 189 Å². The smallest absolute Gasteiger partial charge is 0.259 e. The van der Waals surface area contributed by atoms with E-state index in [9.17, 15) is 22.8 Å². The second-order valence-corrected chi connectivity index (χ2v) is 21.8. The van der Waals surface area contributed by atoms with Gasteiger partial charge in [0.1, 0.15) is 45.9 Å². The molecule has 2 aliphatic heterocycles. The number of thiazole rings is 1. The predicted molar refractivity (Wildman–Crippen MR) is 251 cm³/mol. The van der Waals surface area contributed by atoms with Crippen LogP contribution in [0.1, 0.15) is 106 Å². The van der Waals surface area contributed by atoms with Crippen molar-refractivity contribution in [3.05, 3.63) is 76.8 Å². The molecule has 1 saturated heterocycles. The Morgan fingerprint density at radius 2 is 1.83 bits per heavy atom. The Hall–Kier alpha value is -5.55. The number of nitrogens with zero attached hydrogens (tertiary/aromatic N) is 4. The quantitative estimate of drug-likeness (QED) is 0.136. The standard InChI is InChI=1S/C48H59N7O8S2/c1-28(2)37-27-64-43(51-37)36-24-40(34-18-19-39(62-7)29(3)41(34)50-36)63-33-23-38-42(56)52-48(46(59)53-65(60,61)47(4)20-21-47)25-31(48)15-11-9-8-10-12-17-35(45(58)55(38)26-33)49-32-16-13-14-30(22-32)44(57)54(5)6/h11,13-16,18-19,22,24,27-28,31,33,35,38,49H,8-10,12,17,20-21,23,25-26H2,1-7H3,(H,52,56)(H,53,59)/b15-11-/t31?,33-,35+,38+,48-/m1/s1. The largest absolute Gasteiger partial charge is 0.496 e. The van der Waals surface area contributed by atoms with Crippen molar-refractivity contribution in [3.8, 4) is 22.2 Å². The molecule has 2 aliphatic carbocycles. The van der Waals surface area contributed by atoms with Gasteiger partial charge < -0.3 is 29.9 Å². The van der Waals surface area contributed by atoms with Crippen molar-refractivity contribution < 1.29 is 37.1 Å². The Morgan fingerprint density at radius 1 is 1.05 bits per heavy atom. The maximum atomic E-state index is 15.1. The molecule has 3 N–H and O–H groups in total. The van der Waals surface area contributed by atoms with Crippen molar-refractivity contribution in [3.63, 3.8) is 0 Å². The molecule has 0 bridgehead atoms. The van der Waals surface area contributed by atoms with Crippen LogP contribution in [0.3, 0.4) is 0 Å². The van der Waals surface area contributed by atoms with Gasteiger partial charge in [-0.1, -0.05) is 44.9 Å². The molecule has 15 nitrogen and oxygen atoms in total. The predicted octanol–water partition coefficient (Wildman–Crippen LogP) is 6.72. The number of amides is 4. The van der Waals surface area contributed by atoms with E-state index < -0.39 is 56.2 Å². The van der Waals surface area contributed by atoms with Crippen molar-refractivity contribution in [1.29, 1.82) is 0 Å². The first-order valence-corrected chi connectivity index (χ1v) is 24.8. The molecule has 5 atom stereocenters. The summed E-state index contributed by atoms with van der Waals surface area (Å²) in [6.07, 6.45) is 7.87. The number of aryl methyl sites for hydroxylation is 1. The lowest BCUT2D eigenvalue weighted by molar-refractivity contribution is -0.140. The maximum Gasteiger partial charge on any atom is 0.259 e. The molecule has 4 heterocycles. The molecule has 4 aliphatic rings. The molecule has 0 spiro atoms. The highest BCUT2D eigenvalue weighted by Crippen LogP contribution is 2.48. The number of allylic oxidation sites excluding steroid dienone is 1. The number of sulfonamides is 1. The van der Waals surface area contributed by atoms with Gasteiger partial charge in [0.2, 0.25) is 21.8 Å². The van der Waals surface area contributed by atoms with Gasteiger partial charge in [-0.3, -0.25) is 23.9 Å². The summed E-state index contributed by atoms with van der Waals surface area (Å²) in [5.74, 6) is -0.953. The van der Waals surface area contributed by atoms with E-state index in [1.807, 2.05) is 48.7 Å². The highest BCUT2D eigenvalue weighted by molar-refractivity contribution is 7.91. The highest BCUT2D eigenvalue weighted by atomic mass is 32.2. The molecule has 4 aromatic rings. The number of carbonyl (C=O) groups is 4. The molecular weight excluding hydrogens is 867 g/mol. The van der Waals surface area contributed by atoms with Gasteiger partial charge in [0.05, 0.1) is 29.6 Å². The summed E-state index contributed by atoms with van der Waals surface area (Å²) >= 11 is 1.49. The molecule has 17 heteroatoms. The molecule has 1 unspecified atom stereocenters. The summed E-state index contributed by atoms with van der Waals surface area (Å²) < 4.78 is 40.5. The first-order chi connectivity index (χ1) is 30.9. The van der Waals surface area contributed by atoms with E-state index >= 15 is 4.79 Å². The lowest BCUT2D eigenvalue weighted by Crippen LogP contribution is -2.58. The summed E-state index contributed by atoms with van der Waals surface area (Å²) in [5.41, 5.74) is 2.54. The molecule has 4 amide bonds. The summed E-state index contributed by atoms with van der Waals surface area (Å²) in [7, 11) is 0.951. The number of fused-ring (bicyclic) bond motifs is 3. The first-order valence-electron chi connectivity index (χ1n) is 22.5. The van der Waals surface area contributed by atoms with Crippen LogP contribution in [0.4, 0.5) is 5.69 Å². The van der Waals surface area contributed by atoms with Crippen molar-refractivity contribution in [2.75, 3.05) is 33.1 Å².